The van der Waals surface area contributed by atoms with Crippen molar-refractivity contribution >= 4 is 29.6 Å². The Morgan fingerprint density at radius 3 is 1.54 bits per heavy atom. The van der Waals surface area contributed by atoms with Gasteiger partial charge in [-0.05, 0) is 69.5 Å². The fourth-order valence-electron chi connectivity index (χ4n) is 2.84. The van der Waals surface area contributed by atoms with E-state index in [1.807, 2.05) is 27.7 Å². The van der Waals surface area contributed by atoms with Crippen LogP contribution in [0.5, 0.6) is 0 Å². The maximum absolute atomic E-state index is 8.51. The van der Waals surface area contributed by atoms with Crippen LogP contribution in [0.15, 0.2) is 84.7 Å². The van der Waals surface area contributed by atoms with E-state index in [1.54, 1.807) is 24.3 Å². The van der Waals surface area contributed by atoms with Crippen LogP contribution in [0.1, 0.15) is 41.4 Å². The van der Waals surface area contributed by atoms with Gasteiger partial charge >= 0.3 is 7.12 Å². The Kier molecular flexibility index (Phi) is 2.62. The van der Waals surface area contributed by atoms with Crippen molar-refractivity contribution in [3.05, 3.63) is 84.7 Å². The van der Waals surface area contributed by atoms with Crippen LogP contribution in [0.25, 0.3) is 0 Å². The molecule has 1 aliphatic heterocycles. The molecule has 0 amide bonds. The van der Waals surface area contributed by atoms with E-state index in [2.05, 4.69) is 0 Å². The number of anilines is 3. The molecule has 4 rings (SSSR count). The minimum absolute atomic E-state index is 0.210. The molecular weight excluding hydrogens is 345 g/mol. The van der Waals surface area contributed by atoms with Crippen molar-refractivity contribution in [2.75, 3.05) is 4.90 Å². The lowest BCUT2D eigenvalue weighted by Gasteiger charge is -2.32. The zero-order valence-corrected chi connectivity index (χ0v) is 16.2. The second kappa shape index (κ2) is 7.12. The molecule has 0 radical (unpaired) electrons. The molecule has 0 unspecified atom stereocenters. The van der Waals surface area contributed by atoms with Gasteiger partial charge in [0.1, 0.15) is 0 Å². The third kappa shape index (κ3) is 3.46. The SMILES string of the molecule is [2H]c1c([2H])c([2H])c(N(c2ccc(B3OC(C)(C)C(C)(C)O3)cc2)c2c([2H])c([2H])c([2H])c([2H])c2[2H])c([2H])c1[2H]. The summed E-state index contributed by atoms with van der Waals surface area (Å²) in [6, 6.07) is 0.403. The van der Waals surface area contributed by atoms with Gasteiger partial charge in [-0.3, -0.25) is 0 Å². The van der Waals surface area contributed by atoms with Gasteiger partial charge in [-0.25, -0.2) is 0 Å². The number of nitrogens with zero attached hydrogens (tertiary/aromatic N) is 1. The van der Waals surface area contributed by atoms with Crippen molar-refractivity contribution in [3.8, 4) is 0 Å². The van der Waals surface area contributed by atoms with Gasteiger partial charge in [-0.15, -0.1) is 0 Å². The van der Waals surface area contributed by atoms with Crippen molar-refractivity contribution in [1.29, 1.82) is 0 Å². The summed E-state index contributed by atoms with van der Waals surface area (Å²) in [6.07, 6.45) is 0. The van der Waals surface area contributed by atoms with E-state index in [9.17, 15) is 0 Å². The molecule has 1 aliphatic rings. The van der Waals surface area contributed by atoms with Gasteiger partial charge in [0.05, 0.1) is 24.9 Å². The quantitative estimate of drug-likeness (QED) is 0.561. The Morgan fingerprint density at radius 1 is 0.679 bits per heavy atom. The van der Waals surface area contributed by atoms with E-state index >= 15 is 0 Å². The van der Waals surface area contributed by atoms with Crippen LogP contribution in [0.2, 0.25) is 0 Å². The molecule has 0 N–H and O–H groups in total. The Bertz CT molecular complexity index is 1300. The minimum atomic E-state index is -0.691. The number of hydrogen-bond donors (Lipinski definition) is 0. The average molecular weight is 381 g/mol. The molecule has 3 aromatic rings. The molecule has 1 fully saturated rings. The minimum Gasteiger partial charge on any atom is -0.399 e. The zero-order chi connectivity index (χ0) is 28.5. The summed E-state index contributed by atoms with van der Waals surface area (Å²) < 4.78 is 94.7. The molecule has 0 atom stereocenters. The Hall–Kier alpha value is -2.56. The largest absolute Gasteiger partial charge is 0.494 e. The molecule has 0 aliphatic carbocycles. The highest BCUT2D eigenvalue weighted by Gasteiger charge is 2.51. The van der Waals surface area contributed by atoms with Crippen LogP contribution < -0.4 is 10.4 Å². The molecule has 0 bridgehead atoms. The molecule has 4 heteroatoms. The summed E-state index contributed by atoms with van der Waals surface area (Å²) in [7, 11) is -0.691. The lowest BCUT2D eigenvalue weighted by atomic mass is 9.79. The van der Waals surface area contributed by atoms with Crippen LogP contribution in [0.4, 0.5) is 17.1 Å². The maximum Gasteiger partial charge on any atom is 0.494 e. The molecule has 142 valence electrons. The second-order valence-corrected chi connectivity index (χ2v) is 7.46. The highest BCUT2D eigenvalue weighted by Crippen LogP contribution is 2.37. The van der Waals surface area contributed by atoms with Gasteiger partial charge in [0.25, 0.3) is 0 Å². The van der Waals surface area contributed by atoms with Gasteiger partial charge in [0.2, 0.25) is 0 Å². The van der Waals surface area contributed by atoms with Crippen molar-refractivity contribution < 1.29 is 23.0 Å². The standard InChI is InChI=1S/C24H26BNO2/c1-23(2)24(3,4)28-25(27-23)19-15-17-22(18-16-19)26(20-11-7-5-8-12-20)21-13-9-6-10-14-21/h5-18H,1-4H3/i5D,6D,7D,8D,9D,10D,11D,12D,13D,14D. The van der Waals surface area contributed by atoms with E-state index in [0.717, 1.165) is 4.90 Å². The Labute approximate surface area is 182 Å². The van der Waals surface area contributed by atoms with Gasteiger partial charge in [0.15, 0.2) is 0 Å². The van der Waals surface area contributed by atoms with Crippen LogP contribution in [-0.4, -0.2) is 18.3 Å². The van der Waals surface area contributed by atoms with Crippen LogP contribution in [-0.2, 0) is 9.31 Å². The number of hydrogen-bond acceptors (Lipinski definition) is 3. The molecule has 0 aromatic heterocycles. The summed E-state index contributed by atoms with van der Waals surface area (Å²) >= 11 is 0. The van der Waals surface area contributed by atoms with Gasteiger partial charge in [0, 0.05) is 17.1 Å². The molecule has 1 saturated heterocycles. The van der Waals surface area contributed by atoms with E-state index in [4.69, 9.17) is 23.0 Å². The highest BCUT2D eigenvalue weighted by atomic mass is 16.7. The van der Waals surface area contributed by atoms with Gasteiger partial charge < -0.3 is 14.2 Å². The number of para-hydroxylation sites is 2. The molecular formula is C24H26BNO2. The number of rotatable bonds is 4. The summed E-state index contributed by atoms with van der Waals surface area (Å²) in [6.45, 7) is 7.67. The van der Waals surface area contributed by atoms with Crippen molar-refractivity contribution in [3.63, 3.8) is 0 Å². The summed E-state index contributed by atoms with van der Waals surface area (Å²) in [4.78, 5) is 1.11. The van der Waals surface area contributed by atoms with Gasteiger partial charge in [-0.2, -0.15) is 0 Å². The Morgan fingerprint density at radius 2 is 1.11 bits per heavy atom. The average Bonchev–Trinajstić information content (AvgIpc) is 3.09. The predicted molar refractivity (Wildman–Crippen MR) is 117 cm³/mol. The normalized spacial score (nSPS) is 22.5. The highest BCUT2D eigenvalue weighted by molar-refractivity contribution is 6.62. The van der Waals surface area contributed by atoms with Gasteiger partial charge in [-0.1, -0.05) is 48.4 Å². The molecule has 0 spiro atoms. The van der Waals surface area contributed by atoms with Crippen molar-refractivity contribution in [2.45, 2.75) is 38.9 Å². The topological polar surface area (TPSA) is 21.7 Å². The van der Waals surface area contributed by atoms with Crippen LogP contribution in [0, 0.1) is 0 Å². The Balaban J connectivity index is 1.96. The predicted octanol–water partition coefficient (Wildman–Crippen LogP) is 5.46. The first kappa shape index (κ1) is 10.3. The third-order valence-electron chi connectivity index (χ3n) is 5.10. The zero-order valence-electron chi connectivity index (χ0n) is 26.2. The lowest BCUT2D eigenvalue weighted by molar-refractivity contribution is 0.00578. The van der Waals surface area contributed by atoms with E-state index < -0.39 is 78.7 Å². The van der Waals surface area contributed by atoms with Crippen molar-refractivity contribution in [2.24, 2.45) is 0 Å². The maximum atomic E-state index is 8.51. The van der Waals surface area contributed by atoms with Crippen molar-refractivity contribution in [1.82, 2.24) is 0 Å². The first-order valence-electron chi connectivity index (χ1n) is 13.9. The van der Waals surface area contributed by atoms with Crippen LogP contribution >= 0.6 is 0 Å². The smallest absolute Gasteiger partial charge is 0.399 e. The molecule has 3 aromatic carbocycles. The van der Waals surface area contributed by atoms with Crippen LogP contribution in [0.3, 0.4) is 0 Å². The van der Waals surface area contributed by atoms with E-state index in [-0.39, 0.29) is 17.1 Å². The summed E-state index contributed by atoms with van der Waals surface area (Å²) in [5, 5.41) is 0. The summed E-state index contributed by atoms with van der Waals surface area (Å²) in [5.74, 6) is 0. The fourth-order valence-corrected chi connectivity index (χ4v) is 2.84. The second-order valence-electron chi connectivity index (χ2n) is 7.46. The monoisotopic (exact) mass is 381 g/mol. The molecule has 28 heavy (non-hydrogen) atoms. The lowest BCUT2D eigenvalue weighted by Crippen LogP contribution is -2.41. The fraction of sp³-hybridized carbons (Fsp3) is 0.250. The molecule has 3 nitrogen and oxygen atoms in total. The summed E-state index contributed by atoms with van der Waals surface area (Å²) in [5.41, 5.74) is -1.00. The molecule has 1 heterocycles. The first-order valence-corrected chi connectivity index (χ1v) is 8.91. The first-order chi connectivity index (χ1) is 17.5. The molecule has 0 saturated carbocycles. The van der Waals surface area contributed by atoms with E-state index in [1.165, 1.54) is 0 Å². The third-order valence-corrected chi connectivity index (χ3v) is 5.10. The van der Waals surface area contributed by atoms with E-state index in [0.29, 0.717) is 5.46 Å². The number of benzene rings is 3.